The van der Waals surface area contributed by atoms with E-state index in [0.717, 1.165) is 0 Å². The first kappa shape index (κ1) is 15.2. The van der Waals surface area contributed by atoms with Crippen molar-refractivity contribution in [3.05, 3.63) is 11.9 Å². The zero-order chi connectivity index (χ0) is 14.5. The van der Waals surface area contributed by atoms with E-state index in [0.29, 0.717) is 23.9 Å². The average Bonchev–Trinajstić information content (AvgIpc) is 2.34. The van der Waals surface area contributed by atoms with Crippen LogP contribution in [0.1, 0.15) is 25.8 Å². The maximum atomic E-state index is 11.0. The Bertz CT molecular complexity index is 426. The molecule has 0 saturated heterocycles. The fourth-order valence-corrected chi connectivity index (χ4v) is 1.71. The second kappa shape index (κ2) is 6.33. The predicted octanol–water partition coefficient (Wildman–Crippen LogP) is 0.237. The van der Waals surface area contributed by atoms with Crippen LogP contribution in [0.15, 0.2) is 6.33 Å². The average molecular weight is 268 g/mol. The number of carbonyl (C=O) groups excluding carboxylic acids is 1. The number of methoxy groups -OCH3 is 2. The molecule has 1 rings (SSSR count). The van der Waals surface area contributed by atoms with Crippen LogP contribution in [0.5, 0.6) is 11.8 Å². The van der Waals surface area contributed by atoms with Crippen molar-refractivity contribution >= 4 is 5.91 Å². The molecule has 1 heterocycles. The minimum atomic E-state index is -0.433. The molecule has 0 aliphatic rings. The van der Waals surface area contributed by atoms with Crippen molar-refractivity contribution in [2.75, 3.05) is 14.2 Å². The normalized spacial score (nSPS) is 11.2. The van der Waals surface area contributed by atoms with Crippen LogP contribution >= 0.6 is 0 Å². The summed E-state index contributed by atoms with van der Waals surface area (Å²) in [4.78, 5) is 19.0. The standard InChI is InChI=1S/C12H20N4O3/c1-12(2,5-9(13)17)16-6-8-10(18-3)14-7-15-11(8)19-4/h7,16H,5-6H2,1-4H3,(H2,13,17). The summed E-state index contributed by atoms with van der Waals surface area (Å²) in [6, 6.07) is 0. The molecule has 0 fully saturated rings. The van der Waals surface area contributed by atoms with Crippen LogP contribution in [0.3, 0.4) is 0 Å². The summed E-state index contributed by atoms with van der Waals surface area (Å²) in [6.07, 6.45) is 1.60. The Morgan fingerprint density at radius 1 is 1.32 bits per heavy atom. The molecule has 0 saturated carbocycles. The quantitative estimate of drug-likeness (QED) is 0.734. The molecule has 0 aliphatic heterocycles. The summed E-state index contributed by atoms with van der Waals surface area (Å²) < 4.78 is 10.3. The number of hydrogen-bond donors (Lipinski definition) is 2. The number of hydrogen-bond acceptors (Lipinski definition) is 6. The molecule has 7 nitrogen and oxygen atoms in total. The van der Waals surface area contributed by atoms with Crippen molar-refractivity contribution in [1.29, 1.82) is 0 Å². The lowest BCUT2D eigenvalue weighted by Gasteiger charge is -2.25. The van der Waals surface area contributed by atoms with Gasteiger partial charge in [-0.2, -0.15) is 0 Å². The van der Waals surface area contributed by atoms with Crippen LogP contribution in [0.4, 0.5) is 0 Å². The molecule has 19 heavy (non-hydrogen) atoms. The van der Waals surface area contributed by atoms with Gasteiger partial charge < -0.3 is 20.5 Å². The van der Waals surface area contributed by atoms with Gasteiger partial charge in [0.2, 0.25) is 17.7 Å². The lowest BCUT2D eigenvalue weighted by molar-refractivity contribution is -0.119. The molecular formula is C12H20N4O3. The van der Waals surface area contributed by atoms with Gasteiger partial charge in [0, 0.05) is 18.5 Å². The fraction of sp³-hybridized carbons (Fsp3) is 0.583. The van der Waals surface area contributed by atoms with E-state index in [1.54, 1.807) is 0 Å². The van der Waals surface area contributed by atoms with Gasteiger partial charge in [0.25, 0.3) is 0 Å². The minimum Gasteiger partial charge on any atom is -0.481 e. The largest absolute Gasteiger partial charge is 0.481 e. The second-order valence-corrected chi connectivity index (χ2v) is 4.75. The van der Waals surface area contributed by atoms with Crippen LogP contribution in [-0.4, -0.2) is 35.6 Å². The molecule has 7 heteroatoms. The van der Waals surface area contributed by atoms with E-state index in [9.17, 15) is 4.79 Å². The summed E-state index contributed by atoms with van der Waals surface area (Å²) >= 11 is 0. The van der Waals surface area contributed by atoms with Gasteiger partial charge in [-0.25, -0.2) is 9.97 Å². The Balaban J connectivity index is 2.84. The predicted molar refractivity (Wildman–Crippen MR) is 69.9 cm³/mol. The first-order valence-electron chi connectivity index (χ1n) is 5.85. The van der Waals surface area contributed by atoms with Crippen molar-refractivity contribution in [3.63, 3.8) is 0 Å². The molecule has 106 valence electrons. The van der Waals surface area contributed by atoms with Crippen LogP contribution in [0.25, 0.3) is 0 Å². The van der Waals surface area contributed by atoms with Gasteiger partial charge in [0.1, 0.15) is 6.33 Å². The number of nitrogens with two attached hydrogens (primary N) is 1. The van der Waals surface area contributed by atoms with E-state index < -0.39 is 5.54 Å². The minimum absolute atomic E-state index is 0.228. The molecule has 1 aromatic heterocycles. The summed E-state index contributed by atoms with van der Waals surface area (Å²) in [5.41, 5.74) is 5.47. The molecule has 0 unspecified atom stereocenters. The fourth-order valence-electron chi connectivity index (χ4n) is 1.71. The van der Waals surface area contributed by atoms with Crippen molar-refractivity contribution in [2.45, 2.75) is 32.4 Å². The van der Waals surface area contributed by atoms with E-state index in [4.69, 9.17) is 15.2 Å². The number of rotatable bonds is 7. The van der Waals surface area contributed by atoms with Crippen LogP contribution in [0.2, 0.25) is 0 Å². The Morgan fingerprint density at radius 3 is 2.26 bits per heavy atom. The molecule has 0 atom stereocenters. The Labute approximate surface area is 112 Å². The Hall–Kier alpha value is -1.89. The van der Waals surface area contributed by atoms with Gasteiger partial charge in [-0.05, 0) is 13.8 Å². The molecule has 0 spiro atoms. The molecule has 1 amide bonds. The van der Waals surface area contributed by atoms with E-state index in [1.165, 1.54) is 20.5 Å². The van der Waals surface area contributed by atoms with E-state index >= 15 is 0 Å². The third-order valence-corrected chi connectivity index (χ3v) is 2.61. The van der Waals surface area contributed by atoms with Gasteiger partial charge in [-0.15, -0.1) is 0 Å². The maximum absolute atomic E-state index is 11.0. The van der Waals surface area contributed by atoms with Crippen LogP contribution in [-0.2, 0) is 11.3 Å². The van der Waals surface area contributed by atoms with Gasteiger partial charge >= 0.3 is 0 Å². The smallest absolute Gasteiger partial charge is 0.224 e. The SMILES string of the molecule is COc1ncnc(OC)c1CNC(C)(C)CC(N)=O. The number of nitrogens with one attached hydrogen (secondary N) is 1. The lowest BCUT2D eigenvalue weighted by atomic mass is 10.00. The zero-order valence-electron chi connectivity index (χ0n) is 11.7. The van der Waals surface area contributed by atoms with E-state index in [-0.39, 0.29) is 12.3 Å². The van der Waals surface area contributed by atoms with Gasteiger partial charge in [0.15, 0.2) is 0 Å². The van der Waals surface area contributed by atoms with E-state index in [2.05, 4.69) is 15.3 Å². The van der Waals surface area contributed by atoms with Gasteiger partial charge in [0.05, 0.1) is 19.8 Å². The lowest BCUT2D eigenvalue weighted by Crippen LogP contribution is -2.42. The molecule has 0 radical (unpaired) electrons. The molecule has 1 aromatic rings. The van der Waals surface area contributed by atoms with Crippen molar-refractivity contribution < 1.29 is 14.3 Å². The number of nitrogens with zero attached hydrogens (tertiary/aromatic N) is 2. The van der Waals surface area contributed by atoms with Crippen LogP contribution in [0, 0.1) is 0 Å². The highest BCUT2D eigenvalue weighted by molar-refractivity contribution is 5.75. The zero-order valence-corrected chi connectivity index (χ0v) is 11.7. The van der Waals surface area contributed by atoms with Crippen molar-refractivity contribution in [3.8, 4) is 11.8 Å². The molecule has 0 aromatic carbocycles. The summed E-state index contributed by atoms with van der Waals surface area (Å²) in [7, 11) is 3.06. The number of amides is 1. The third kappa shape index (κ3) is 4.36. The molecular weight excluding hydrogens is 248 g/mol. The molecule has 3 N–H and O–H groups in total. The topological polar surface area (TPSA) is 99.4 Å². The third-order valence-electron chi connectivity index (χ3n) is 2.61. The maximum Gasteiger partial charge on any atom is 0.224 e. The highest BCUT2D eigenvalue weighted by Crippen LogP contribution is 2.24. The van der Waals surface area contributed by atoms with Crippen molar-refractivity contribution in [1.82, 2.24) is 15.3 Å². The molecule has 0 bridgehead atoms. The summed E-state index contributed by atoms with van der Waals surface area (Å²) in [6.45, 7) is 4.19. The van der Waals surface area contributed by atoms with Gasteiger partial charge in [-0.1, -0.05) is 0 Å². The van der Waals surface area contributed by atoms with Crippen LogP contribution < -0.4 is 20.5 Å². The number of carbonyl (C=O) groups is 1. The first-order chi connectivity index (χ1) is 8.89. The molecule has 0 aliphatic carbocycles. The number of primary amides is 1. The monoisotopic (exact) mass is 268 g/mol. The van der Waals surface area contributed by atoms with Gasteiger partial charge in [-0.3, -0.25) is 4.79 Å². The highest BCUT2D eigenvalue weighted by Gasteiger charge is 2.22. The first-order valence-corrected chi connectivity index (χ1v) is 5.85. The number of aromatic nitrogens is 2. The Morgan fingerprint density at radius 2 is 1.84 bits per heavy atom. The summed E-state index contributed by atoms with van der Waals surface area (Å²) in [5.74, 6) is 0.518. The summed E-state index contributed by atoms with van der Waals surface area (Å²) in [5, 5.41) is 3.22. The highest BCUT2D eigenvalue weighted by atomic mass is 16.5. The number of ether oxygens (including phenoxy) is 2. The van der Waals surface area contributed by atoms with E-state index in [1.807, 2.05) is 13.8 Å². The Kier molecular flexibility index (Phi) is 5.05. The second-order valence-electron chi connectivity index (χ2n) is 4.75. The van der Waals surface area contributed by atoms with Crippen molar-refractivity contribution in [2.24, 2.45) is 5.73 Å².